The van der Waals surface area contributed by atoms with E-state index in [2.05, 4.69) is 10.3 Å². The highest BCUT2D eigenvalue weighted by Crippen LogP contribution is 2.14. The number of carbonyl (C=O) groups is 2. The third-order valence-electron chi connectivity index (χ3n) is 3.64. The van der Waals surface area contributed by atoms with E-state index in [-0.39, 0.29) is 17.9 Å². The van der Waals surface area contributed by atoms with Gasteiger partial charge in [-0.15, -0.1) is 0 Å². The molecule has 0 aliphatic carbocycles. The lowest BCUT2D eigenvalue weighted by Gasteiger charge is -2.28. The van der Waals surface area contributed by atoms with Crippen molar-refractivity contribution in [2.24, 2.45) is 0 Å². The number of fused-ring (bicyclic) bond motifs is 1. The summed E-state index contributed by atoms with van der Waals surface area (Å²) in [5, 5.41) is 3.80. The van der Waals surface area contributed by atoms with Gasteiger partial charge in [-0.1, -0.05) is 11.6 Å². The number of nitrogens with one attached hydrogen (secondary N) is 1. The first-order chi connectivity index (χ1) is 10.0. The van der Waals surface area contributed by atoms with Crippen LogP contribution in [0.3, 0.4) is 0 Å². The third-order valence-corrected chi connectivity index (χ3v) is 3.87. The number of hydrogen-bond donors (Lipinski definition) is 1. The van der Waals surface area contributed by atoms with Crippen LogP contribution in [-0.2, 0) is 16.1 Å². The van der Waals surface area contributed by atoms with E-state index in [1.54, 1.807) is 12.3 Å². The zero-order chi connectivity index (χ0) is 15.0. The molecule has 1 aliphatic heterocycles. The minimum absolute atomic E-state index is 0.125. The van der Waals surface area contributed by atoms with E-state index in [1.165, 1.54) is 11.9 Å². The summed E-state index contributed by atoms with van der Waals surface area (Å²) >= 11 is 5.93. The number of imidazole rings is 1. The number of pyridine rings is 1. The predicted molar refractivity (Wildman–Crippen MR) is 77.8 cm³/mol. The number of likely N-dealkylation sites (tertiary alicyclic amines) is 1. The summed E-state index contributed by atoms with van der Waals surface area (Å²) in [5.74, 6) is -0.307. The standard InChI is InChI=1S/C14H15ClN4O2/c1-18-13(20)5-3-11(14(18)21)16-6-10-8-19-7-9(15)2-4-12(19)17-10/h2,4,7-8,11,16H,3,5-6H2,1H3. The van der Waals surface area contributed by atoms with Crippen LogP contribution in [0.2, 0.25) is 5.02 Å². The monoisotopic (exact) mass is 306 g/mol. The van der Waals surface area contributed by atoms with Crippen LogP contribution in [0.15, 0.2) is 24.5 Å². The zero-order valence-corrected chi connectivity index (χ0v) is 12.3. The van der Waals surface area contributed by atoms with Gasteiger partial charge in [0.05, 0.1) is 16.8 Å². The molecule has 1 fully saturated rings. The Morgan fingerprint density at radius 1 is 1.38 bits per heavy atom. The van der Waals surface area contributed by atoms with Crippen LogP contribution in [0.25, 0.3) is 5.65 Å². The molecule has 1 unspecified atom stereocenters. The number of piperidine rings is 1. The Hall–Kier alpha value is -1.92. The molecule has 0 spiro atoms. The largest absolute Gasteiger partial charge is 0.305 e. The summed E-state index contributed by atoms with van der Waals surface area (Å²) in [7, 11) is 1.52. The molecule has 1 atom stereocenters. The van der Waals surface area contributed by atoms with Crippen molar-refractivity contribution in [1.82, 2.24) is 19.6 Å². The van der Waals surface area contributed by atoms with Crippen molar-refractivity contribution in [2.75, 3.05) is 7.05 Å². The molecule has 2 amide bonds. The molecule has 0 saturated carbocycles. The fourth-order valence-electron chi connectivity index (χ4n) is 2.44. The summed E-state index contributed by atoms with van der Waals surface area (Å²) in [6.07, 6.45) is 4.57. The minimum Gasteiger partial charge on any atom is -0.305 e. The van der Waals surface area contributed by atoms with Gasteiger partial charge in [0.25, 0.3) is 0 Å². The molecular weight excluding hydrogens is 292 g/mol. The molecule has 2 aromatic heterocycles. The van der Waals surface area contributed by atoms with E-state index in [1.807, 2.05) is 16.7 Å². The number of carbonyl (C=O) groups excluding carboxylic acids is 2. The Morgan fingerprint density at radius 2 is 2.19 bits per heavy atom. The molecule has 7 heteroatoms. The van der Waals surface area contributed by atoms with Crippen LogP contribution >= 0.6 is 11.6 Å². The van der Waals surface area contributed by atoms with Crippen molar-refractivity contribution in [2.45, 2.75) is 25.4 Å². The molecular formula is C14H15ClN4O2. The van der Waals surface area contributed by atoms with Gasteiger partial charge in [0.15, 0.2) is 0 Å². The van der Waals surface area contributed by atoms with E-state index < -0.39 is 0 Å². The van der Waals surface area contributed by atoms with Crippen LogP contribution in [0, 0.1) is 0 Å². The average molecular weight is 307 g/mol. The average Bonchev–Trinajstić information content (AvgIpc) is 2.86. The second-order valence-corrected chi connectivity index (χ2v) is 5.54. The van der Waals surface area contributed by atoms with E-state index in [4.69, 9.17) is 11.6 Å². The molecule has 1 saturated heterocycles. The predicted octanol–water partition coefficient (Wildman–Crippen LogP) is 1.22. The molecule has 0 radical (unpaired) electrons. The van der Waals surface area contributed by atoms with Crippen molar-refractivity contribution < 1.29 is 9.59 Å². The summed E-state index contributed by atoms with van der Waals surface area (Å²) in [4.78, 5) is 29.0. The van der Waals surface area contributed by atoms with Crippen molar-refractivity contribution in [1.29, 1.82) is 0 Å². The number of nitrogens with zero attached hydrogens (tertiary/aromatic N) is 3. The second kappa shape index (κ2) is 5.46. The maximum Gasteiger partial charge on any atom is 0.246 e. The Kier molecular flexibility index (Phi) is 3.65. The Morgan fingerprint density at radius 3 is 3.00 bits per heavy atom. The van der Waals surface area contributed by atoms with Crippen LogP contribution in [-0.4, -0.2) is 39.2 Å². The van der Waals surface area contributed by atoms with Gasteiger partial charge in [-0.3, -0.25) is 14.5 Å². The highest BCUT2D eigenvalue weighted by molar-refractivity contribution is 6.30. The number of halogens is 1. The smallest absolute Gasteiger partial charge is 0.246 e. The lowest BCUT2D eigenvalue weighted by molar-refractivity contribution is -0.148. The number of amides is 2. The molecule has 6 nitrogen and oxygen atoms in total. The lowest BCUT2D eigenvalue weighted by Crippen LogP contribution is -2.51. The maximum atomic E-state index is 12.0. The third kappa shape index (κ3) is 2.77. The normalized spacial score (nSPS) is 19.5. The number of rotatable bonds is 3. The van der Waals surface area contributed by atoms with Gasteiger partial charge in [-0.2, -0.15) is 0 Å². The van der Waals surface area contributed by atoms with E-state index in [9.17, 15) is 9.59 Å². The van der Waals surface area contributed by atoms with Crippen molar-refractivity contribution in [3.05, 3.63) is 35.2 Å². The fraction of sp³-hybridized carbons (Fsp3) is 0.357. The summed E-state index contributed by atoms with van der Waals surface area (Å²) < 4.78 is 1.84. The topological polar surface area (TPSA) is 66.7 Å². The quantitative estimate of drug-likeness (QED) is 0.866. The molecule has 0 aromatic carbocycles. The van der Waals surface area contributed by atoms with Gasteiger partial charge in [0.1, 0.15) is 5.65 Å². The molecule has 2 aromatic rings. The summed E-state index contributed by atoms with van der Waals surface area (Å²) in [5.41, 5.74) is 1.63. The van der Waals surface area contributed by atoms with Crippen LogP contribution in [0.1, 0.15) is 18.5 Å². The van der Waals surface area contributed by atoms with E-state index in [0.29, 0.717) is 24.4 Å². The van der Waals surface area contributed by atoms with Crippen LogP contribution in [0.5, 0.6) is 0 Å². The SMILES string of the molecule is CN1C(=O)CCC(NCc2cn3cc(Cl)ccc3n2)C1=O. The van der Waals surface area contributed by atoms with Gasteiger partial charge in [0.2, 0.25) is 11.8 Å². The van der Waals surface area contributed by atoms with Crippen LogP contribution in [0.4, 0.5) is 0 Å². The maximum absolute atomic E-state index is 12.0. The summed E-state index contributed by atoms with van der Waals surface area (Å²) in [6, 6.07) is 3.29. The first-order valence-corrected chi connectivity index (χ1v) is 7.09. The highest BCUT2D eigenvalue weighted by atomic mass is 35.5. The van der Waals surface area contributed by atoms with Gasteiger partial charge in [0, 0.05) is 32.4 Å². The first kappa shape index (κ1) is 14.0. The Labute approximate surface area is 126 Å². The number of aromatic nitrogens is 2. The molecule has 1 N–H and O–H groups in total. The minimum atomic E-state index is -0.332. The number of imide groups is 1. The van der Waals surface area contributed by atoms with E-state index in [0.717, 1.165) is 11.3 Å². The van der Waals surface area contributed by atoms with Crippen molar-refractivity contribution in [3.63, 3.8) is 0 Å². The molecule has 110 valence electrons. The van der Waals surface area contributed by atoms with Gasteiger partial charge < -0.3 is 9.72 Å². The van der Waals surface area contributed by atoms with Crippen LogP contribution < -0.4 is 5.32 Å². The molecule has 1 aliphatic rings. The van der Waals surface area contributed by atoms with Gasteiger partial charge in [-0.25, -0.2) is 4.98 Å². The van der Waals surface area contributed by atoms with Gasteiger partial charge >= 0.3 is 0 Å². The Balaban J connectivity index is 1.69. The lowest BCUT2D eigenvalue weighted by atomic mass is 10.0. The molecule has 0 bridgehead atoms. The zero-order valence-electron chi connectivity index (χ0n) is 11.5. The number of hydrogen-bond acceptors (Lipinski definition) is 4. The highest BCUT2D eigenvalue weighted by Gasteiger charge is 2.31. The number of likely N-dealkylation sites (N-methyl/N-ethyl adjacent to an activating group) is 1. The van der Waals surface area contributed by atoms with Crippen molar-refractivity contribution >= 4 is 29.1 Å². The summed E-state index contributed by atoms with van der Waals surface area (Å²) in [6.45, 7) is 0.470. The Bertz CT molecular complexity index is 712. The molecule has 3 heterocycles. The fourth-order valence-corrected chi connectivity index (χ4v) is 2.60. The molecule has 3 rings (SSSR count). The second-order valence-electron chi connectivity index (χ2n) is 5.11. The molecule has 21 heavy (non-hydrogen) atoms. The first-order valence-electron chi connectivity index (χ1n) is 6.71. The van der Waals surface area contributed by atoms with E-state index >= 15 is 0 Å². The van der Waals surface area contributed by atoms with Crippen molar-refractivity contribution in [3.8, 4) is 0 Å². The van der Waals surface area contributed by atoms with Gasteiger partial charge in [-0.05, 0) is 18.6 Å².